The van der Waals surface area contributed by atoms with Crippen molar-refractivity contribution < 1.29 is 54.3 Å². The molecule has 0 amide bonds. The first kappa shape index (κ1) is 26.2. The van der Waals surface area contributed by atoms with Crippen molar-refractivity contribution in [3.8, 4) is 23.0 Å². The van der Waals surface area contributed by atoms with Crippen LogP contribution in [-0.2, 0) is 9.47 Å². The van der Waals surface area contributed by atoms with Crippen LogP contribution in [0.5, 0.6) is 23.0 Å². The van der Waals surface area contributed by atoms with Crippen LogP contribution in [0.2, 0.25) is 0 Å². The average molecular weight is 507 g/mol. The van der Waals surface area contributed by atoms with E-state index in [0.717, 1.165) is 0 Å². The minimum Gasteiger partial charge on any atom is -0.504 e. The molecule has 0 radical (unpaired) electrons. The zero-order valence-electron chi connectivity index (χ0n) is 19.7. The van der Waals surface area contributed by atoms with Crippen LogP contribution in [0.3, 0.4) is 0 Å². The van der Waals surface area contributed by atoms with Gasteiger partial charge in [0.2, 0.25) is 0 Å². The molecule has 196 valence electrons. The van der Waals surface area contributed by atoms with E-state index in [9.17, 15) is 30.6 Å². The summed E-state index contributed by atoms with van der Waals surface area (Å²) in [4.78, 5) is 0. The number of rotatable bonds is 8. The summed E-state index contributed by atoms with van der Waals surface area (Å²) in [6, 6.07) is 8.12. The van der Waals surface area contributed by atoms with Crippen LogP contribution in [0.1, 0.15) is 28.9 Å². The van der Waals surface area contributed by atoms with Gasteiger partial charge in [-0.1, -0.05) is 18.2 Å². The van der Waals surface area contributed by atoms with Gasteiger partial charge >= 0.3 is 0 Å². The van der Waals surface area contributed by atoms with E-state index >= 15 is 0 Å². The zero-order valence-corrected chi connectivity index (χ0v) is 19.7. The Hall–Kier alpha value is -2.90. The lowest BCUT2D eigenvalue weighted by Crippen LogP contribution is -2.59. The fraction of sp³-hybridized carbons (Fsp3) is 0.440. The molecular formula is C25H30O11. The molecule has 11 nitrogen and oxygen atoms in total. The molecule has 2 aliphatic rings. The summed E-state index contributed by atoms with van der Waals surface area (Å²) in [5, 5.41) is 59.8. The average Bonchev–Trinajstić information content (AvgIpc) is 3.25. The predicted molar refractivity (Wildman–Crippen MR) is 125 cm³/mol. The van der Waals surface area contributed by atoms with Gasteiger partial charge in [-0.2, -0.15) is 0 Å². The van der Waals surface area contributed by atoms with Crippen LogP contribution < -0.4 is 14.2 Å². The highest BCUT2D eigenvalue weighted by atomic mass is 16.7. The number of hydrogen-bond acceptors (Lipinski definition) is 11. The van der Waals surface area contributed by atoms with Crippen LogP contribution >= 0.6 is 0 Å². The number of ether oxygens (including phenoxy) is 5. The zero-order chi connectivity index (χ0) is 26.0. The van der Waals surface area contributed by atoms with Crippen LogP contribution in [-0.4, -0.2) is 88.8 Å². The van der Waals surface area contributed by atoms with Crippen LogP contribution in [0.4, 0.5) is 0 Å². The van der Waals surface area contributed by atoms with Gasteiger partial charge in [-0.25, -0.2) is 0 Å². The smallest absolute Gasteiger partial charge is 0.187 e. The standard InChI is InChI=1S/C25H30O11/c1-32-16-10-13(5-6-15(16)28)22-24(36-25-21(31)20(30)19(29)18(11-27)34-25)14-8-12(4-3-7-26)9-17(33-2)23(14)35-22/h3-6,8-10,18-22,24-31H,7,11H2,1-2H3/b4-3-/t18-,19-,20+,21-,22-,24+,25+/m1/s1. The predicted octanol–water partition coefficient (Wildman–Crippen LogP) is 0.406. The summed E-state index contributed by atoms with van der Waals surface area (Å²) in [6.07, 6.45) is -5.88. The number of aliphatic hydroxyl groups excluding tert-OH is 5. The molecule has 36 heavy (non-hydrogen) atoms. The second kappa shape index (κ2) is 11.0. The minimum absolute atomic E-state index is 0.0721. The molecule has 2 aromatic carbocycles. The Kier molecular flexibility index (Phi) is 8.00. The van der Waals surface area contributed by atoms with E-state index < -0.39 is 49.5 Å². The highest BCUT2D eigenvalue weighted by Crippen LogP contribution is 2.53. The molecule has 11 heteroatoms. The molecule has 2 aromatic rings. The molecule has 7 atom stereocenters. The molecule has 0 saturated carbocycles. The third-order valence-electron chi connectivity index (χ3n) is 6.23. The first-order valence-electron chi connectivity index (χ1n) is 11.3. The van der Waals surface area contributed by atoms with Crippen LogP contribution in [0.15, 0.2) is 36.4 Å². The molecule has 0 spiro atoms. The quantitative estimate of drug-likeness (QED) is 0.293. The third kappa shape index (κ3) is 4.87. The lowest BCUT2D eigenvalue weighted by atomic mass is 9.96. The molecule has 2 aliphatic heterocycles. The van der Waals surface area contributed by atoms with Crippen molar-refractivity contribution in [3.05, 3.63) is 53.1 Å². The number of aliphatic hydroxyl groups is 5. The van der Waals surface area contributed by atoms with Gasteiger partial charge in [-0.05, 0) is 35.4 Å². The van der Waals surface area contributed by atoms with Gasteiger partial charge in [0.25, 0.3) is 0 Å². The summed E-state index contributed by atoms with van der Waals surface area (Å²) in [5.41, 5.74) is 1.76. The third-order valence-corrected chi connectivity index (χ3v) is 6.23. The molecule has 0 aliphatic carbocycles. The first-order chi connectivity index (χ1) is 17.3. The molecule has 4 rings (SSSR count). The van der Waals surface area contributed by atoms with Crippen molar-refractivity contribution in [1.29, 1.82) is 0 Å². The molecule has 1 saturated heterocycles. The normalized spacial score (nSPS) is 29.7. The van der Waals surface area contributed by atoms with Crippen LogP contribution in [0.25, 0.3) is 6.08 Å². The van der Waals surface area contributed by atoms with E-state index in [1.54, 1.807) is 36.4 Å². The Morgan fingerprint density at radius 3 is 2.36 bits per heavy atom. The topological polar surface area (TPSA) is 168 Å². The fourth-order valence-corrected chi connectivity index (χ4v) is 4.35. The Bertz CT molecular complexity index is 1090. The number of methoxy groups -OCH3 is 2. The van der Waals surface area contributed by atoms with Gasteiger partial charge < -0.3 is 54.3 Å². The molecule has 6 N–H and O–H groups in total. The highest BCUT2D eigenvalue weighted by molar-refractivity contribution is 5.62. The first-order valence-corrected chi connectivity index (χ1v) is 11.3. The summed E-state index contributed by atoms with van der Waals surface area (Å²) in [6.45, 7) is -0.776. The molecule has 0 aromatic heterocycles. The lowest BCUT2D eigenvalue weighted by molar-refractivity contribution is -0.316. The number of aromatic hydroxyl groups is 1. The van der Waals surface area contributed by atoms with E-state index in [1.165, 1.54) is 20.3 Å². The van der Waals surface area contributed by atoms with Crippen molar-refractivity contribution in [2.45, 2.75) is 42.9 Å². The molecule has 0 bridgehead atoms. The van der Waals surface area contributed by atoms with E-state index in [0.29, 0.717) is 28.2 Å². The van der Waals surface area contributed by atoms with Crippen LogP contribution in [0, 0.1) is 0 Å². The largest absolute Gasteiger partial charge is 0.504 e. The summed E-state index contributed by atoms with van der Waals surface area (Å²) < 4.78 is 28.7. The molecule has 1 fully saturated rings. The minimum atomic E-state index is -1.62. The second-order valence-corrected chi connectivity index (χ2v) is 8.45. The Morgan fingerprint density at radius 1 is 0.944 bits per heavy atom. The SMILES string of the molecule is COc1cc([C@H]2Oc3c(OC)cc(/C=C\CO)cc3[C@@H]2O[C@@H]2O[C@H](CO)[C@@H](O)[C@H](O)[C@H]2O)ccc1O. The fourth-order valence-electron chi connectivity index (χ4n) is 4.35. The summed E-state index contributed by atoms with van der Waals surface area (Å²) in [7, 11) is 2.89. The maximum Gasteiger partial charge on any atom is 0.187 e. The van der Waals surface area contributed by atoms with Gasteiger partial charge in [0.05, 0.1) is 27.4 Å². The highest BCUT2D eigenvalue weighted by Gasteiger charge is 2.48. The number of phenolic OH excluding ortho intramolecular Hbond substituents is 1. The van der Waals surface area contributed by atoms with Gasteiger partial charge in [0, 0.05) is 5.56 Å². The second-order valence-electron chi connectivity index (χ2n) is 8.45. The van der Waals surface area contributed by atoms with Gasteiger partial charge in [0.15, 0.2) is 35.4 Å². The molecular weight excluding hydrogens is 476 g/mol. The number of phenols is 1. The van der Waals surface area contributed by atoms with E-state index in [4.69, 9.17) is 23.7 Å². The van der Waals surface area contributed by atoms with E-state index in [-0.39, 0.29) is 18.1 Å². The van der Waals surface area contributed by atoms with E-state index in [2.05, 4.69) is 0 Å². The van der Waals surface area contributed by atoms with Crippen molar-refractivity contribution in [3.63, 3.8) is 0 Å². The van der Waals surface area contributed by atoms with Gasteiger partial charge in [-0.3, -0.25) is 0 Å². The lowest BCUT2D eigenvalue weighted by Gasteiger charge is -2.40. The van der Waals surface area contributed by atoms with E-state index in [1.807, 2.05) is 0 Å². The monoisotopic (exact) mass is 506 g/mol. The Morgan fingerprint density at radius 2 is 1.69 bits per heavy atom. The summed E-state index contributed by atoms with van der Waals surface area (Å²) in [5.74, 6) is 0.889. The maximum absolute atomic E-state index is 10.6. The molecule has 2 heterocycles. The maximum atomic E-state index is 10.6. The van der Waals surface area contributed by atoms with Crippen molar-refractivity contribution in [2.24, 2.45) is 0 Å². The number of fused-ring (bicyclic) bond motifs is 1. The van der Waals surface area contributed by atoms with Gasteiger partial charge in [-0.15, -0.1) is 0 Å². The Balaban J connectivity index is 1.78. The Labute approximate surface area is 207 Å². The summed E-state index contributed by atoms with van der Waals surface area (Å²) >= 11 is 0. The van der Waals surface area contributed by atoms with Crippen molar-refractivity contribution in [2.75, 3.05) is 27.4 Å². The van der Waals surface area contributed by atoms with Crippen molar-refractivity contribution >= 4 is 6.08 Å². The number of hydrogen-bond donors (Lipinski definition) is 6. The van der Waals surface area contributed by atoms with Gasteiger partial charge in [0.1, 0.15) is 30.5 Å². The molecule has 0 unspecified atom stereocenters. The van der Waals surface area contributed by atoms with Crippen molar-refractivity contribution in [1.82, 2.24) is 0 Å². The number of benzene rings is 2.